The summed E-state index contributed by atoms with van der Waals surface area (Å²) >= 11 is 0. The highest BCUT2D eigenvalue weighted by Gasteiger charge is 2.23. The molecule has 7 nitrogen and oxygen atoms in total. The van der Waals surface area contributed by atoms with Gasteiger partial charge in [0.25, 0.3) is 0 Å². The first-order chi connectivity index (χ1) is 8.81. The van der Waals surface area contributed by atoms with Crippen LogP contribution in [0.2, 0.25) is 0 Å². The third kappa shape index (κ3) is 5.06. The first-order valence-corrected chi connectivity index (χ1v) is 6.93. The molecule has 2 N–H and O–H groups in total. The van der Waals surface area contributed by atoms with Gasteiger partial charge in [-0.25, -0.2) is 8.42 Å². The Balaban J connectivity index is 2.60. The number of benzene rings is 1. The number of anilines is 1. The Bertz CT molecular complexity index is 556. The average molecular weight is 286 g/mol. The summed E-state index contributed by atoms with van der Waals surface area (Å²) in [5.74, 6) is -3.04. The molecular weight excluding hydrogens is 272 g/mol. The molecule has 0 aliphatic heterocycles. The van der Waals surface area contributed by atoms with Crippen molar-refractivity contribution in [2.45, 2.75) is 0 Å². The number of amides is 1. The van der Waals surface area contributed by atoms with Crippen LogP contribution in [0.15, 0.2) is 30.3 Å². The van der Waals surface area contributed by atoms with E-state index >= 15 is 0 Å². The zero-order valence-electron chi connectivity index (χ0n) is 10.2. The van der Waals surface area contributed by atoms with Gasteiger partial charge in [0.1, 0.15) is 0 Å². The highest BCUT2D eigenvalue weighted by molar-refractivity contribution is 7.89. The maximum absolute atomic E-state index is 11.6. The Morgan fingerprint density at radius 2 is 1.84 bits per heavy atom. The quantitative estimate of drug-likeness (QED) is 0.764. The molecule has 104 valence electrons. The first-order valence-electron chi connectivity index (χ1n) is 5.32. The Morgan fingerprint density at radius 1 is 1.26 bits per heavy atom. The van der Waals surface area contributed by atoms with Crippen LogP contribution in [0.5, 0.6) is 0 Å². The Labute approximate surface area is 110 Å². The van der Waals surface area contributed by atoms with Gasteiger partial charge in [-0.2, -0.15) is 4.31 Å². The van der Waals surface area contributed by atoms with E-state index in [1.165, 1.54) is 0 Å². The van der Waals surface area contributed by atoms with Crippen LogP contribution in [-0.4, -0.2) is 49.1 Å². The lowest BCUT2D eigenvalue weighted by atomic mass is 10.3. The summed E-state index contributed by atoms with van der Waals surface area (Å²) in [6.07, 6.45) is 0. The number of nitrogens with one attached hydrogen (secondary N) is 1. The summed E-state index contributed by atoms with van der Waals surface area (Å²) in [7, 11) is -2.82. The Kier molecular flexibility index (Phi) is 5.02. The number of likely N-dealkylation sites (N-methyl/N-ethyl adjacent to an activating group) is 1. The lowest BCUT2D eigenvalue weighted by Gasteiger charge is -2.15. The topological polar surface area (TPSA) is 104 Å². The molecule has 0 unspecified atom stereocenters. The monoisotopic (exact) mass is 286 g/mol. The maximum Gasteiger partial charge on any atom is 0.320 e. The molecule has 0 saturated carbocycles. The molecule has 0 aliphatic rings. The predicted molar refractivity (Wildman–Crippen MR) is 69.1 cm³/mol. The van der Waals surface area contributed by atoms with Crippen LogP contribution in [0.25, 0.3) is 0 Å². The van der Waals surface area contributed by atoms with Crippen LogP contribution in [0.3, 0.4) is 0 Å². The summed E-state index contributed by atoms with van der Waals surface area (Å²) < 4.78 is 23.7. The minimum Gasteiger partial charge on any atom is -0.480 e. The van der Waals surface area contributed by atoms with Crippen LogP contribution in [0.4, 0.5) is 5.69 Å². The number of carboxylic acids is 1. The fourth-order valence-corrected chi connectivity index (χ4v) is 2.14. The van der Waals surface area contributed by atoms with Gasteiger partial charge in [0, 0.05) is 12.7 Å². The zero-order valence-corrected chi connectivity index (χ0v) is 11.1. The van der Waals surface area contributed by atoms with Crippen LogP contribution in [-0.2, 0) is 19.6 Å². The normalized spacial score (nSPS) is 11.3. The molecule has 0 fully saturated rings. The van der Waals surface area contributed by atoms with Crippen molar-refractivity contribution in [1.29, 1.82) is 0 Å². The van der Waals surface area contributed by atoms with Crippen molar-refractivity contribution in [3.63, 3.8) is 0 Å². The molecule has 0 atom stereocenters. The summed E-state index contributed by atoms with van der Waals surface area (Å²) in [6, 6.07) is 8.54. The Hall–Kier alpha value is -1.93. The van der Waals surface area contributed by atoms with Crippen molar-refractivity contribution in [2.75, 3.05) is 24.7 Å². The summed E-state index contributed by atoms with van der Waals surface area (Å²) in [4.78, 5) is 22.0. The van der Waals surface area contributed by atoms with Crippen molar-refractivity contribution in [3.8, 4) is 0 Å². The van der Waals surface area contributed by atoms with Crippen molar-refractivity contribution in [3.05, 3.63) is 30.3 Å². The van der Waals surface area contributed by atoms with Gasteiger partial charge < -0.3 is 10.4 Å². The fraction of sp³-hybridized carbons (Fsp3) is 0.273. The van der Waals surface area contributed by atoms with Crippen molar-refractivity contribution >= 4 is 27.6 Å². The van der Waals surface area contributed by atoms with E-state index in [9.17, 15) is 18.0 Å². The van der Waals surface area contributed by atoms with Crippen LogP contribution in [0, 0.1) is 0 Å². The second-order valence-electron chi connectivity index (χ2n) is 3.82. The molecule has 19 heavy (non-hydrogen) atoms. The van der Waals surface area contributed by atoms with E-state index < -0.39 is 34.2 Å². The number of hydrogen-bond donors (Lipinski definition) is 2. The molecule has 1 aromatic rings. The summed E-state index contributed by atoms with van der Waals surface area (Å²) in [6.45, 7) is -0.440. The van der Waals surface area contributed by atoms with Gasteiger partial charge in [0.15, 0.2) is 5.75 Å². The molecule has 0 aliphatic carbocycles. The number of rotatable bonds is 6. The minimum atomic E-state index is -3.97. The highest BCUT2D eigenvalue weighted by atomic mass is 32.2. The van der Waals surface area contributed by atoms with Crippen LogP contribution >= 0.6 is 0 Å². The van der Waals surface area contributed by atoms with E-state index in [2.05, 4.69) is 5.32 Å². The number of sulfonamides is 1. The van der Waals surface area contributed by atoms with Crippen molar-refractivity contribution in [1.82, 2.24) is 4.31 Å². The number of hydrogen-bond acceptors (Lipinski definition) is 4. The molecule has 8 heteroatoms. The van der Waals surface area contributed by atoms with Gasteiger partial charge in [-0.05, 0) is 12.1 Å². The van der Waals surface area contributed by atoms with E-state index in [1.54, 1.807) is 30.3 Å². The van der Waals surface area contributed by atoms with Gasteiger partial charge in [-0.1, -0.05) is 18.2 Å². The average Bonchev–Trinajstić information content (AvgIpc) is 2.28. The molecule has 1 amide bonds. The number of para-hydroxylation sites is 1. The number of carbonyl (C=O) groups is 2. The van der Waals surface area contributed by atoms with E-state index in [-0.39, 0.29) is 0 Å². The van der Waals surface area contributed by atoms with Crippen LogP contribution < -0.4 is 5.32 Å². The molecule has 1 aromatic carbocycles. The van der Waals surface area contributed by atoms with Crippen molar-refractivity contribution in [2.24, 2.45) is 0 Å². The first kappa shape index (κ1) is 15.1. The zero-order chi connectivity index (χ0) is 14.5. The molecule has 0 bridgehead atoms. The Morgan fingerprint density at radius 3 is 2.37 bits per heavy atom. The molecule has 0 aromatic heterocycles. The van der Waals surface area contributed by atoms with Gasteiger partial charge >= 0.3 is 5.97 Å². The SMILES string of the molecule is CN(CC(=O)Nc1ccccc1)S(=O)(=O)CC(=O)O. The summed E-state index contributed by atoms with van der Waals surface area (Å²) in [5, 5.41) is 11.0. The van der Waals surface area contributed by atoms with E-state index in [1.807, 2.05) is 0 Å². The minimum absolute atomic E-state index is 0.440. The third-order valence-electron chi connectivity index (χ3n) is 2.20. The largest absolute Gasteiger partial charge is 0.480 e. The fourth-order valence-electron chi connectivity index (χ4n) is 1.29. The highest BCUT2D eigenvalue weighted by Crippen LogP contribution is 2.05. The molecular formula is C11H14N2O5S. The van der Waals surface area contributed by atoms with Crippen molar-refractivity contribution < 1.29 is 23.1 Å². The lowest BCUT2D eigenvalue weighted by Crippen LogP contribution is -2.37. The van der Waals surface area contributed by atoms with E-state index in [0.29, 0.717) is 9.99 Å². The number of nitrogens with zero attached hydrogens (tertiary/aromatic N) is 1. The third-order valence-corrected chi connectivity index (χ3v) is 3.90. The van der Waals surface area contributed by atoms with E-state index in [0.717, 1.165) is 7.05 Å². The number of carbonyl (C=O) groups excluding carboxylic acids is 1. The molecule has 0 heterocycles. The molecule has 0 radical (unpaired) electrons. The second kappa shape index (κ2) is 6.30. The van der Waals surface area contributed by atoms with E-state index in [4.69, 9.17) is 5.11 Å². The van der Waals surface area contributed by atoms with Crippen LogP contribution in [0.1, 0.15) is 0 Å². The summed E-state index contributed by atoms with van der Waals surface area (Å²) in [5.41, 5.74) is 0.538. The number of carboxylic acid groups (broad SMARTS) is 1. The standard InChI is InChI=1S/C11H14N2O5S/c1-13(19(17,18)8-11(15)16)7-10(14)12-9-5-3-2-4-6-9/h2-6H,7-8H2,1H3,(H,12,14)(H,15,16). The smallest absolute Gasteiger partial charge is 0.320 e. The lowest BCUT2D eigenvalue weighted by molar-refractivity contribution is -0.134. The number of aliphatic carboxylic acids is 1. The maximum atomic E-state index is 11.6. The predicted octanol–water partition coefficient (Wildman–Crippen LogP) is -0.0287. The van der Waals surface area contributed by atoms with Gasteiger partial charge in [0.2, 0.25) is 15.9 Å². The second-order valence-corrected chi connectivity index (χ2v) is 5.90. The van der Waals surface area contributed by atoms with Gasteiger partial charge in [0.05, 0.1) is 6.54 Å². The molecule has 0 saturated heterocycles. The molecule has 0 spiro atoms. The van der Waals surface area contributed by atoms with Gasteiger partial charge in [-0.3, -0.25) is 9.59 Å². The van der Waals surface area contributed by atoms with Gasteiger partial charge in [-0.15, -0.1) is 0 Å². The molecule has 1 rings (SSSR count).